The maximum absolute atomic E-state index is 12.3. The zero-order valence-corrected chi connectivity index (χ0v) is 17.8. The van der Waals surface area contributed by atoms with E-state index < -0.39 is 5.91 Å². The SMILES string of the molecule is CC[C@H](C)c1ccc(OCC(=O)Nc2ccc(NC(=O)c3ccco3)c(OC)c2)cc1. The average Bonchev–Trinajstić information content (AvgIpc) is 3.33. The van der Waals surface area contributed by atoms with E-state index in [4.69, 9.17) is 13.9 Å². The highest BCUT2D eigenvalue weighted by atomic mass is 16.5. The minimum absolute atomic E-state index is 0.123. The molecule has 162 valence electrons. The lowest BCUT2D eigenvalue weighted by molar-refractivity contribution is -0.118. The van der Waals surface area contributed by atoms with Crippen LogP contribution in [0.4, 0.5) is 11.4 Å². The van der Waals surface area contributed by atoms with Crippen molar-refractivity contribution in [1.82, 2.24) is 0 Å². The highest BCUT2D eigenvalue weighted by molar-refractivity contribution is 6.03. The third-order valence-electron chi connectivity index (χ3n) is 4.91. The van der Waals surface area contributed by atoms with E-state index in [1.807, 2.05) is 24.3 Å². The summed E-state index contributed by atoms with van der Waals surface area (Å²) in [5, 5.41) is 5.47. The number of furan rings is 1. The number of hydrogen-bond donors (Lipinski definition) is 2. The molecule has 0 aliphatic heterocycles. The van der Waals surface area contributed by atoms with Crippen molar-refractivity contribution < 1.29 is 23.5 Å². The lowest BCUT2D eigenvalue weighted by atomic mass is 9.99. The van der Waals surface area contributed by atoms with Crippen molar-refractivity contribution in [3.63, 3.8) is 0 Å². The first-order valence-corrected chi connectivity index (χ1v) is 10.1. The number of hydrogen-bond acceptors (Lipinski definition) is 5. The molecule has 0 bridgehead atoms. The Bertz CT molecular complexity index is 1010. The number of nitrogens with one attached hydrogen (secondary N) is 2. The van der Waals surface area contributed by atoms with Gasteiger partial charge < -0.3 is 24.5 Å². The van der Waals surface area contributed by atoms with Gasteiger partial charge in [-0.3, -0.25) is 9.59 Å². The van der Waals surface area contributed by atoms with Gasteiger partial charge in [0.1, 0.15) is 11.5 Å². The summed E-state index contributed by atoms with van der Waals surface area (Å²) in [4.78, 5) is 24.4. The molecule has 2 amide bonds. The van der Waals surface area contributed by atoms with Crippen LogP contribution in [-0.4, -0.2) is 25.5 Å². The summed E-state index contributed by atoms with van der Waals surface area (Å²) in [6.07, 6.45) is 2.49. The Morgan fingerprint density at radius 3 is 2.48 bits per heavy atom. The van der Waals surface area contributed by atoms with E-state index in [0.717, 1.165) is 6.42 Å². The molecule has 0 radical (unpaired) electrons. The molecular weight excluding hydrogens is 396 g/mol. The second kappa shape index (κ2) is 10.3. The van der Waals surface area contributed by atoms with E-state index in [9.17, 15) is 9.59 Å². The van der Waals surface area contributed by atoms with Crippen molar-refractivity contribution in [2.24, 2.45) is 0 Å². The van der Waals surface area contributed by atoms with Crippen molar-refractivity contribution in [2.45, 2.75) is 26.2 Å². The highest BCUT2D eigenvalue weighted by Crippen LogP contribution is 2.28. The quantitative estimate of drug-likeness (QED) is 0.502. The Morgan fingerprint density at radius 1 is 1.06 bits per heavy atom. The fraction of sp³-hybridized carbons (Fsp3) is 0.250. The minimum Gasteiger partial charge on any atom is -0.494 e. The van der Waals surface area contributed by atoms with Gasteiger partial charge in [-0.1, -0.05) is 26.0 Å². The molecule has 0 aliphatic carbocycles. The smallest absolute Gasteiger partial charge is 0.291 e. The monoisotopic (exact) mass is 422 g/mol. The third-order valence-corrected chi connectivity index (χ3v) is 4.91. The summed E-state index contributed by atoms with van der Waals surface area (Å²) >= 11 is 0. The summed E-state index contributed by atoms with van der Waals surface area (Å²) in [5.74, 6) is 1.01. The average molecular weight is 422 g/mol. The molecule has 3 aromatic rings. The van der Waals surface area contributed by atoms with Crippen LogP contribution >= 0.6 is 0 Å². The number of anilines is 2. The summed E-state index contributed by atoms with van der Waals surface area (Å²) in [6, 6.07) is 15.9. The molecule has 0 fully saturated rings. The lowest BCUT2D eigenvalue weighted by Crippen LogP contribution is -2.20. The molecule has 3 rings (SSSR count). The van der Waals surface area contributed by atoms with Gasteiger partial charge in [-0.25, -0.2) is 0 Å². The first-order valence-electron chi connectivity index (χ1n) is 10.1. The maximum atomic E-state index is 12.3. The number of carbonyl (C=O) groups excluding carboxylic acids is 2. The Balaban J connectivity index is 1.56. The zero-order chi connectivity index (χ0) is 22.2. The molecule has 1 atom stereocenters. The van der Waals surface area contributed by atoms with Gasteiger partial charge in [0.25, 0.3) is 11.8 Å². The van der Waals surface area contributed by atoms with Gasteiger partial charge in [-0.15, -0.1) is 0 Å². The second-order valence-electron chi connectivity index (χ2n) is 7.06. The number of rotatable bonds is 9. The van der Waals surface area contributed by atoms with Gasteiger partial charge in [0.05, 0.1) is 19.1 Å². The second-order valence-corrected chi connectivity index (χ2v) is 7.06. The van der Waals surface area contributed by atoms with E-state index in [1.54, 1.807) is 30.3 Å². The van der Waals surface area contributed by atoms with Gasteiger partial charge in [-0.05, 0) is 54.3 Å². The van der Waals surface area contributed by atoms with Crippen molar-refractivity contribution in [1.29, 1.82) is 0 Å². The molecule has 2 aromatic carbocycles. The maximum Gasteiger partial charge on any atom is 0.291 e. The number of amides is 2. The zero-order valence-electron chi connectivity index (χ0n) is 17.8. The van der Waals surface area contributed by atoms with Gasteiger partial charge in [0, 0.05) is 11.8 Å². The molecule has 7 nitrogen and oxygen atoms in total. The van der Waals surface area contributed by atoms with E-state index in [-0.39, 0.29) is 18.3 Å². The van der Waals surface area contributed by atoms with Crippen molar-refractivity contribution in [3.05, 3.63) is 72.2 Å². The topological polar surface area (TPSA) is 89.8 Å². The lowest BCUT2D eigenvalue weighted by Gasteiger charge is -2.13. The summed E-state index contributed by atoms with van der Waals surface area (Å²) < 4.78 is 16.0. The van der Waals surface area contributed by atoms with Crippen LogP contribution in [0.3, 0.4) is 0 Å². The molecule has 1 aromatic heterocycles. The van der Waals surface area contributed by atoms with Crippen LogP contribution in [0.25, 0.3) is 0 Å². The van der Waals surface area contributed by atoms with Crippen molar-refractivity contribution in [3.8, 4) is 11.5 Å². The van der Waals surface area contributed by atoms with Crippen LogP contribution < -0.4 is 20.1 Å². The van der Waals surface area contributed by atoms with E-state index >= 15 is 0 Å². The first kappa shape index (κ1) is 22.0. The largest absolute Gasteiger partial charge is 0.494 e. The van der Waals surface area contributed by atoms with Crippen molar-refractivity contribution in [2.75, 3.05) is 24.4 Å². The van der Waals surface area contributed by atoms with Gasteiger partial charge in [-0.2, -0.15) is 0 Å². The molecule has 0 saturated heterocycles. The van der Waals surface area contributed by atoms with E-state index in [2.05, 4.69) is 24.5 Å². The standard InChI is InChI=1S/C24H26N2O5/c1-4-16(2)17-7-10-19(11-8-17)31-15-23(27)25-18-9-12-20(22(14-18)29-3)26-24(28)21-6-5-13-30-21/h5-14,16H,4,15H2,1-3H3,(H,25,27)(H,26,28)/t16-/m0/s1. The number of benzene rings is 2. The molecule has 2 N–H and O–H groups in total. The molecule has 0 spiro atoms. The first-order chi connectivity index (χ1) is 15.0. The Hall–Kier alpha value is -3.74. The number of ether oxygens (including phenoxy) is 2. The Morgan fingerprint density at radius 2 is 1.84 bits per heavy atom. The van der Waals surface area contributed by atoms with Crippen LogP contribution in [0, 0.1) is 0 Å². The number of carbonyl (C=O) groups is 2. The third kappa shape index (κ3) is 5.88. The van der Waals surface area contributed by atoms with Crippen molar-refractivity contribution >= 4 is 23.2 Å². The predicted molar refractivity (Wildman–Crippen MR) is 119 cm³/mol. The van der Waals surface area contributed by atoms with Crippen LogP contribution in [0.1, 0.15) is 42.3 Å². The summed E-state index contributed by atoms with van der Waals surface area (Å²) in [5.41, 5.74) is 2.22. The predicted octanol–water partition coefficient (Wildman–Crippen LogP) is 5.07. The highest BCUT2D eigenvalue weighted by Gasteiger charge is 2.13. The molecule has 0 unspecified atom stereocenters. The normalized spacial score (nSPS) is 11.5. The molecule has 0 aliphatic rings. The van der Waals surface area contributed by atoms with Gasteiger partial charge in [0.15, 0.2) is 12.4 Å². The van der Waals surface area contributed by atoms with Gasteiger partial charge in [0.2, 0.25) is 0 Å². The summed E-state index contributed by atoms with van der Waals surface area (Å²) in [6.45, 7) is 4.20. The fourth-order valence-electron chi connectivity index (χ4n) is 2.94. The van der Waals surface area contributed by atoms with Gasteiger partial charge >= 0.3 is 0 Å². The minimum atomic E-state index is -0.396. The molecule has 31 heavy (non-hydrogen) atoms. The van der Waals surface area contributed by atoms with E-state index in [0.29, 0.717) is 28.8 Å². The molecular formula is C24H26N2O5. The molecule has 7 heteroatoms. The van der Waals surface area contributed by atoms with Crippen LogP contribution in [0.2, 0.25) is 0 Å². The Labute approximate surface area is 181 Å². The molecule has 0 saturated carbocycles. The van der Waals surface area contributed by atoms with Crippen LogP contribution in [0.5, 0.6) is 11.5 Å². The molecule has 1 heterocycles. The summed E-state index contributed by atoms with van der Waals surface area (Å²) in [7, 11) is 1.48. The fourth-order valence-corrected chi connectivity index (χ4v) is 2.94. The Kier molecular flexibility index (Phi) is 7.32. The van der Waals surface area contributed by atoms with Crippen LogP contribution in [0.15, 0.2) is 65.3 Å². The number of methoxy groups -OCH3 is 1. The van der Waals surface area contributed by atoms with E-state index in [1.165, 1.54) is 18.9 Å². The van der Waals surface area contributed by atoms with Crippen LogP contribution in [-0.2, 0) is 4.79 Å².